The van der Waals surface area contributed by atoms with Crippen LogP contribution < -0.4 is 5.32 Å². The van der Waals surface area contributed by atoms with Crippen LogP contribution in [0.1, 0.15) is 25.7 Å². The van der Waals surface area contributed by atoms with Crippen molar-refractivity contribution >= 4 is 17.4 Å². The minimum atomic E-state index is 0.369. The molecule has 0 atom stereocenters. The van der Waals surface area contributed by atoms with E-state index in [4.69, 9.17) is 11.6 Å². The highest BCUT2D eigenvalue weighted by atomic mass is 35.5. The molecule has 18 heavy (non-hydrogen) atoms. The molecule has 0 aromatic carbocycles. The van der Waals surface area contributed by atoms with Gasteiger partial charge in [0.25, 0.3) is 0 Å². The first-order valence-electron chi connectivity index (χ1n) is 6.46. The quantitative estimate of drug-likeness (QED) is 0.891. The van der Waals surface area contributed by atoms with E-state index in [2.05, 4.69) is 34.3 Å². The summed E-state index contributed by atoms with van der Waals surface area (Å²) in [6.07, 6.45) is 8.51. The Kier molecular flexibility index (Phi) is 4.40. The van der Waals surface area contributed by atoms with Gasteiger partial charge in [0.05, 0.1) is 12.4 Å². The van der Waals surface area contributed by atoms with Crippen LogP contribution in [0.4, 0.5) is 5.82 Å². The first kappa shape index (κ1) is 13.6. The van der Waals surface area contributed by atoms with Crippen LogP contribution in [0, 0.1) is 5.41 Å². The number of aromatic nitrogens is 2. The summed E-state index contributed by atoms with van der Waals surface area (Å²) in [5, 5.41) is 3.83. The summed E-state index contributed by atoms with van der Waals surface area (Å²) in [4.78, 5) is 10.5. The molecule has 0 spiro atoms. The summed E-state index contributed by atoms with van der Waals surface area (Å²) in [5.41, 5.74) is 0.369. The number of halogens is 1. The van der Waals surface area contributed by atoms with Crippen molar-refractivity contribution in [3.05, 3.63) is 17.5 Å². The van der Waals surface area contributed by atoms with E-state index >= 15 is 0 Å². The van der Waals surface area contributed by atoms with Gasteiger partial charge in [0.1, 0.15) is 11.0 Å². The van der Waals surface area contributed by atoms with E-state index in [1.165, 1.54) is 25.7 Å². The number of hydrogen-bond acceptors (Lipinski definition) is 4. The Labute approximate surface area is 114 Å². The van der Waals surface area contributed by atoms with Crippen molar-refractivity contribution in [1.29, 1.82) is 0 Å². The minimum Gasteiger partial charge on any atom is -0.368 e. The molecule has 1 aliphatic carbocycles. The predicted octanol–water partition coefficient (Wildman–Crippen LogP) is 2.66. The summed E-state index contributed by atoms with van der Waals surface area (Å²) in [6, 6.07) is 0. The Hall–Kier alpha value is -0.870. The fourth-order valence-electron chi connectivity index (χ4n) is 2.89. The molecule has 1 N–H and O–H groups in total. The first-order chi connectivity index (χ1) is 8.60. The van der Waals surface area contributed by atoms with Crippen LogP contribution >= 0.6 is 11.6 Å². The van der Waals surface area contributed by atoms with Crippen LogP contribution in [0.5, 0.6) is 0 Å². The van der Waals surface area contributed by atoms with Crippen molar-refractivity contribution in [2.24, 2.45) is 5.41 Å². The van der Waals surface area contributed by atoms with E-state index in [1.807, 2.05) is 0 Å². The lowest BCUT2D eigenvalue weighted by molar-refractivity contribution is 0.215. The van der Waals surface area contributed by atoms with Gasteiger partial charge in [-0.15, -0.1) is 0 Å². The normalized spacial score (nSPS) is 18.2. The molecule has 2 rings (SSSR count). The van der Waals surface area contributed by atoms with Gasteiger partial charge in [-0.2, -0.15) is 0 Å². The SMILES string of the molecule is CN(C)CC1(CNc2cncc(Cl)n2)CCCC1. The number of hydrogen-bond donors (Lipinski definition) is 1. The Bertz CT molecular complexity index is 388. The third-order valence-electron chi connectivity index (χ3n) is 3.57. The minimum absolute atomic E-state index is 0.369. The second-order valence-electron chi connectivity index (χ2n) is 5.53. The monoisotopic (exact) mass is 268 g/mol. The number of nitrogens with zero attached hydrogens (tertiary/aromatic N) is 3. The van der Waals surface area contributed by atoms with Gasteiger partial charge < -0.3 is 10.2 Å². The molecule has 0 amide bonds. The van der Waals surface area contributed by atoms with Gasteiger partial charge in [-0.1, -0.05) is 24.4 Å². The van der Waals surface area contributed by atoms with Crippen LogP contribution in [0.25, 0.3) is 0 Å². The maximum absolute atomic E-state index is 5.84. The maximum Gasteiger partial charge on any atom is 0.149 e. The van der Waals surface area contributed by atoms with Gasteiger partial charge in [0.2, 0.25) is 0 Å². The zero-order valence-corrected chi connectivity index (χ0v) is 11.9. The first-order valence-corrected chi connectivity index (χ1v) is 6.84. The smallest absolute Gasteiger partial charge is 0.149 e. The molecule has 0 saturated heterocycles. The highest BCUT2D eigenvalue weighted by Gasteiger charge is 2.34. The molecule has 0 bridgehead atoms. The molecule has 1 aliphatic rings. The molecule has 1 aromatic heterocycles. The molecule has 1 aromatic rings. The summed E-state index contributed by atoms with van der Waals surface area (Å²) < 4.78 is 0. The molecule has 4 nitrogen and oxygen atoms in total. The van der Waals surface area contributed by atoms with Crippen molar-refractivity contribution in [3.8, 4) is 0 Å². The molecule has 0 aliphatic heterocycles. The van der Waals surface area contributed by atoms with Crippen molar-refractivity contribution in [2.75, 3.05) is 32.5 Å². The van der Waals surface area contributed by atoms with E-state index in [0.29, 0.717) is 10.6 Å². The largest absolute Gasteiger partial charge is 0.368 e. The summed E-state index contributed by atoms with van der Waals surface area (Å²) in [6.45, 7) is 2.06. The molecule has 1 saturated carbocycles. The van der Waals surface area contributed by atoms with Gasteiger partial charge in [0.15, 0.2) is 0 Å². The summed E-state index contributed by atoms with van der Waals surface area (Å²) in [7, 11) is 4.28. The van der Waals surface area contributed by atoms with Crippen LogP contribution in [-0.2, 0) is 0 Å². The summed E-state index contributed by atoms with van der Waals surface area (Å²) >= 11 is 5.84. The number of nitrogens with one attached hydrogen (secondary N) is 1. The van der Waals surface area contributed by atoms with E-state index in [1.54, 1.807) is 12.4 Å². The van der Waals surface area contributed by atoms with Crippen LogP contribution in [-0.4, -0.2) is 42.1 Å². The van der Waals surface area contributed by atoms with Crippen molar-refractivity contribution in [1.82, 2.24) is 14.9 Å². The van der Waals surface area contributed by atoms with Crippen LogP contribution in [0.15, 0.2) is 12.4 Å². The Balaban J connectivity index is 1.97. The predicted molar refractivity (Wildman–Crippen MR) is 75.0 cm³/mol. The van der Waals surface area contributed by atoms with Crippen molar-refractivity contribution in [3.63, 3.8) is 0 Å². The fraction of sp³-hybridized carbons (Fsp3) is 0.692. The molecular formula is C13H21ClN4. The molecule has 0 radical (unpaired) electrons. The molecule has 0 unspecified atom stereocenters. The van der Waals surface area contributed by atoms with Crippen LogP contribution in [0.3, 0.4) is 0 Å². The molecule has 1 heterocycles. The zero-order valence-electron chi connectivity index (χ0n) is 11.1. The standard InChI is InChI=1S/C13H21ClN4/c1-18(2)10-13(5-3-4-6-13)9-16-12-8-15-7-11(14)17-12/h7-8H,3-6,9-10H2,1-2H3,(H,16,17). The van der Waals surface area contributed by atoms with Gasteiger partial charge in [-0.25, -0.2) is 4.98 Å². The Morgan fingerprint density at radius 3 is 2.67 bits per heavy atom. The lowest BCUT2D eigenvalue weighted by atomic mass is 9.85. The zero-order chi connectivity index (χ0) is 13.0. The Morgan fingerprint density at radius 2 is 2.06 bits per heavy atom. The van der Waals surface area contributed by atoms with Gasteiger partial charge in [0, 0.05) is 18.5 Å². The average Bonchev–Trinajstić information content (AvgIpc) is 2.75. The Morgan fingerprint density at radius 1 is 1.33 bits per heavy atom. The molecule has 1 fully saturated rings. The molecule has 100 valence electrons. The second-order valence-corrected chi connectivity index (χ2v) is 5.91. The van der Waals surface area contributed by atoms with Crippen LogP contribution in [0.2, 0.25) is 5.15 Å². The highest BCUT2D eigenvalue weighted by Crippen LogP contribution is 2.38. The average molecular weight is 269 g/mol. The third-order valence-corrected chi connectivity index (χ3v) is 3.75. The van der Waals surface area contributed by atoms with Gasteiger partial charge in [-0.3, -0.25) is 4.98 Å². The third kappa shape index (κ3) is 3.56. The second kappa shape index (κ2) is 5.85. The fourth-order valence-corrected chi connectivity index (χ4v) is 3.04. The highest BCUT2D eigenvalue weighted by molar-refractivity contribution is 6.29. The summed E-state index contributed by atoms with van der Waals surface area (Å²) in [5.74, 6) is 0.771. The van der Waals surface area contributed by atoms with Gasteiger partial charge >= 0.3 is 0 Å². The lowest BCUT2D eigenvalue weighted by Gasteiger charge is -2.32. The maximum atomic E-state index is 5.84. The van der Waals surface area contributed by atoms with E-state index in [9.17, 15) is 0 Å². The topological polar surface area (TPSA) is 41.0 Å². The van der Waals surface area contributed by atoms with E-state index in [-0.39, 0.29) is 0 Å². The molecule has 5 heteroatoms. The number of rotatable bonds is 5. The molecular weight excluding hydrogens is 248 g/mol. The number of anilines is 1. The van der Waals surface area contributed by atoms with E-state index < -0.39 is 0 Å². The van der Waals surface area contributed by atoms with Gasteiger partial charge in [-0.05, 0) is 26.9 Å². The van der Waals surface area contributed by atoms with Crippen molar-refractivity contribution in [2.45, 2.75) is 25.7 Å². The van der Waals surface area contributed by atoms with E-state index in [0.717, 1.165) is 18.9 Å². The lowest BCUT2D eigenvalue weighted by Crippen LogP contribution is -2.37. The van der Waals surface area contributed by atoms with Crippen molar-refractivity contribution < 1.29 is 0 Å².